The molecule has 316 valence electrons. The Morgan fingerprint density at radius 3 is 2.30 bits per heavy atom. The standard InChI is InChI=1S/C47H72N4O6/c1-29(2)31-13-18-47(23-37(52)51-22-21-50(38(53)28-51)27-36-48-26-30(3)49-36)20-19-45(9)32(41(31)47)11-12-34-44(8)16-15-35(43(6,7)33(44)14-17-46(34,45)10)57-40(56)25-42(4,5)24-39(54)55/h31-35,41H,1,11-28H2,2-10H3,(H,54,55)/t31-,32+,33-,34+,35-,41+,44-,45+,46+,47+/m0/s1. The molecule has 5 aliphatic carbocycles. The Morgan fingerprint density at radius 2 is 1.65 bits per heavy atom. The molecule has 1 N–H and O–H groups in total. The Hall–Kier alpha value is -3.04. The van der Waals surface area contributed by atoms with E-state index < -0.39 is 11.4 Å². The van der Waals surface area contributed by atoms with Gasteiger partial charge in [0.15, 0.2) is 0 Å². The van der Waals surface area contributed by atoms with Gasteiger partial charge in [0.2, 0.25) is 11.8 Å². The monoisotopic (exact) mass is 789 g/mol. The number of fused-ring (bicyclic) bond motifs is 7. The highest BCUT2D eigenvalue weighted by molar-refractivity contribution is 6.04. The number of hydrogen-bond donors (Lipinski definition) is 1. The molecule has 0 bridgehead atoms. The molecule has 7 aliphatic rings. The predicted molar refractivity (Wildman–Crippen MR) is 223 cm³/mol. The number of carboxylic acids is 1. The molecule has 7 rings (SSSR count). The van der Waals surface area contributed by atoms with Gasteiger partial charge >= 0.3 is 11.9 Å². The first-order chi connectivity index (χ1) is 26.5. The van der Waals surface area contributed by atoms with Crippen LogP contribution in [0.3, 0.4) is 0 Å². The average Bonchev–Trinajstić information content (AvgIpc) is 3.69. The van der Waals surface area contributed by atoms with Crippen LogP contribution >= 0.6 is 0 Å². The Balaban J connectivity index is 1.07. The van der Waals surface area contributed by atoms with Gasteiger partial charge in [-0.25, -0.2) is 4.99 Å². The van der Waals surface area contributed by atoms with Crippen molar-refractivity contribution in [3.05, 3.63) is 12.2 Å². The number of aliphatic carboxylic acids is 1. The highest BCUT2D eigenvalue weighted by atomic mass is 16.5. The summed E-state index contributed by atoms with van der Waals surface area (Å²) < 4.78 is 6.29. The zero-order valence-corrected chi connectivity index (χ0v) is 36.7. The Labute approximate surface area is 342 Å². The van der Waals surface area contributed by atoms with Crippen molar-refractivity contribution in [2.75, 3.05) is 32.7 Å². The number of piperazine rings is 1. The van der Waals surface area contributed by atoms with Crippen LogP contribution in [0.15, 0.2) is 22.1 Å². The van der Waals surface area contributed by atoms with Gasteiger partial charge in [0, 0.05) is 30.6 Å². The number of allylic oxidation sites excluding steroid dienone is 1. The fourth-order valence-corrected chi connectivity index (χ4v) is 15.1. The first-order valence-corrected chi connectivity index (χ1v) is 22.2. The molecule has 0 spiro atoms. The van der Waals surface area contributed by atoms with Gasteiger partial charge in [-0.1, -0.05) is 60.6 Å². The molecule has 2 amide bonds. The molecule has 0 aromatic rings. The summed E-state index contributed by atoms with van der Waals surface area (Å²) in [7, 11) is 0. The second-order valence-corrected chi connectivity index (χ2v) is 22.2. The third-order valence-corrected chi connectivity index (χ3v) is 18.0. The van der Waals surface area contributed by atoms with Crippen molar-refractivity contribution in [3.63, 3.8) is 0 Å². The summed E-state index contributed by atoms with van der Waals surface area (Å²) >= 11 is 0. The van der Waals surface area contributed by atoms with Crippen LogP contribution in [0.25, 0.3) is 0 Å². The summed E-state index contributed by atoms with van der Waals surface area (Å²) in [5.74, 6) is 1.98. The number of nitrogens with zero attached hydrogens (tertiary/aromatic N) is 4. The summed E-state index contributed by atoms with van der Waals surface area (Å²) in [5, 5.41) is 9.38. The van der Waals surface area contributed by atoms with Gasteiger partial charge in [-0.05, 0) is 135 Å². The summed E-state index contributed by atoms with van der Waals surface area (Å²) in [6.07, 6.45) is 11.2. The number of amidine groups is 1. The van der Waals surface area contributed by atoms with E-state index in [1.165, 1.54) is 18.4 Å². The van der Waals surface area contributed by atoms with Gasteiger partial charge in [0.05, 0.1) is 32.5 Å². The maximum Gasteiger partial charge on any atom is 0.306 e. The summed E-state index contributed by atoms with van der Waals surface area (Å²) in [4.78, 5) is 65.0. The molecule has 0 aromatic heterocycles. The number of esters is 1. The zero-order chi connectivity index (χ0) is 41.5. The highest BCUT2D eigenvalue weighted by Gasteiger charge is 2.71. The fraction of sp³-hybridized carbons (Fsp3) is 0.830. The van der Waals surface area contributed by atoms with E-state index in [1.807, 2.05) is 30.6 Å². The summed E-state index contributed by atoms with van der Waals surface area (Å²) in [6, 6.07) is 0. The molecular formula is C47H72N4O6. The Morgan fingerprint density at radius 1 is 0.912 bits per heavy atom. The largest absolute Gasteiger partial charge is 0.481 e. The number of rotatable bonds is 10. The van der Waals surface area contributed by atoms with Crippen LogP contribution in [0, 0.1) is 62.1 Å². The number of hydrogen-bond acceptors (Lipinski definition) is 7. The van der Waals surface area contributed by atoms with E-state index >= 15 is 0 Å². The molecule has 6 fully saturated rings. The lowest BCUT2D eigenvalue weighted by Gasteiger charge is -2.73. The van der Waals surface area contributed by atoms with Gasteiger partial charge in [0.25, 0.3) is 0 Å². The van der Waals surface area contributed by atoms with E-state index in [0.29, 0.717) is 68.0 Å². The highest BCUT2D eigenvalue weighted by Crippen LogP contribution is 2.78. The zero-order valence-electron chi connectivity index (χ0n) is 36.7. The minimum atomic E-state index is -0.894. The molecule has 5 saturated carbocycles. The second-order valence-electron chi connectivity index (χ2n) is 22.2. The number of ether oxygens (including phenoxy) is 1. The van der Waals surface area contributed by atoms with Crippen molar-refractivity contribution in [2.45, 2.75) is 152 Å². The number of carbonyl (C=O) groups is 4. The van der Waals surface area contributed by atoms with E-state index in [2.05, 4.69) is 58.1 Å². The number of carboxylic acid groups (broad SMARTS) is 1. The van der Waals surface area contributed by atoms with Crippen LogP contribution in [0.5, 0.6) is 0 Å². The topological polar surface area (TPSA) is 129 Å². The van der Waals surface area contributed by atoms with Gasteiger partial charge < -0.3 is 19.6 Å². The molecule has 2 heterocycles. The van der Waals surface area contributed by atoms with Crippen molar-refractivity contribution in [1.82, 2.24) is 9.80 Å². The van der Waals surface area contributed by atoms with Crippen LogP contribution in [-0.4, -0.2) is 89.0 Å². The molecule has 2 aliphatic heterocycles. The van der Waals surface area contributed by atoms with Crippen LogP contribution in [0.2, 0.25) is 0 Å². The molecule has 0 radical (unpaired) electrons. The molecule has 0 aromatic carbocycles. The van der Waals surface area contributed by atoms with Crippen LogP contribution in [0.4, 0.5) is 0 Å². The smallest absolute Gasteiger partial charge is 0.306 e. The maximum atomic E-state index is 14.3. The van der Waals surface area contributed by atoms with Crippen molar-refractivity contribution >= 4 is 35.3 Å². The van der Waals surface area contributed by atoms with E-state index in [1.54, 1.807) is 0 Å². The lowest BCUT2D eigenvalue weighted by atomic mass is 9.32. The van der Waals surface area contributed by atoms with Gasteiger partial charge in [-0.2, -0.15) is 0 Å². The minimum absolute atomic E-state index is 0.0149. The van der Waals surface area contributed by atoms with Gasteiger partial charge in [-0.15, -0.1) is 0 Å². The second kappa shape index (κ2) is 14.6. The normalized spacial score (nSPS) is 39.9. The molecule has 10 atom stereocenters. The van der Waals surface area contributed by atoms with E-state index in [4.69, 9.17) is 4.74 Å². The molecule has 57 heavy (non-hydrogen) atoms. The third kappa shape index (κ3) is 7.12. The molecule has 10 heteroatoms. The summed E-state index contributed by atoms with van der Waals surface area (Å²) in [5.41, 5.74) is 1.72. The number of carbonyl (C=O) groups excluding carboxylic acids is 3. The molecule has 10 nitrogen and oxygen atoms in total. The Bertz CT molecular complexity index is 1750. The Kier molecular flexibility index (Phi) is 10.8. The van der Waals surface area contributed by atoms with Crippen molar-refractivity contribution in [1.29, 1.82) is 0 Å². The van der Waals surface area contributed by atoms with E-state index in [-0.39, 0.29) is 70.3 Å². The molecular weight excluding hydrogens is 717 g/mol. The lowest BCUT2D eigenvalue weighted by molar-refractivity contribution is -0.250. The van der Waals surface area contributed by atoms with E-state index in [0.717, 1.165) is 57.1 Å². The quantitative estimate of drug-likeness (QED) is 0.175. The SMILES string of the molecule is C=C(C)[C@@H]1CC[C@]2(CC(=O)N3CCN(CC4=NCC(C)=N4)C(=O)C3)CC[C@]3(C)[C@H](CC[C@@H]4[C@@]5(C)CC[C@H](OC(=O)CC(C)(C)CC(=O)O)C(C)(C)[C@@H]5CC[C@]43C)[C@@H]12. The fourth-order valence-electron chi connectivity index (χ4n) is 15.1. The number of aliphatic imine (C=N–C) groups is 2. The third-order valence-electron chi connectivity index (χ3n) is 18.0. The molecule has 0 unspecified atom stereocenters. The maximum absolute atomic E-state index is 14.3. The van der Waals surface area contributed by atoms with Crippen LogP contribution < -0.4 is 0 Å². The van der Waals surface area contributed by atoms with Gasteiger partial charge in [-0.3, -0.25) is 24.2 Å². The first-order valence-electron chi connectivity index (χ1n) is 22.2. The predicted octanol–water partition coefficient (Wildman–Crippen LogP) is 8.38. The van der Waals surface area contributed by atoms with Crippen molar-refractivity contribution in [2.24, 2.45) is 72.1 Å². The first kappa shape index (κ1) is 42.1. The van der Waals surface area contributed by atoms with E-state index in [9.17, 15) is 24.3 Å². The van der Waals surface area contributed by atoms with Crippen molar-refractivity contribution < 1.29 is 29.0 Å². The lowest BCUT2D eigenvalue weighted by Crippen LogP contribution is -2.67. The summed E-state index contributed by atoms with van der Waals surface area (Å²) in [6.45, 7) is 27.1. The number of amides is 2. The van der Waals surface area contributed by atoms with Crippen LogP contribution in [-0.2, 0) is 23.9 Å². The molecule has 1 saturated heterocycles. The average molecular weight is 789 g/mol. The van der Waals surface area contributed by atoms with Crippen LogP contribution in [0.1, 0.15) is 146 Å². The minimum Gasteiger partial charge on any atom is -0.481 e. The van der Waals surface area contributed by atoms with Crippen molar-refractivity contribution in [3.8, 4) is 0 Å². The van der Waals surface area contributed by atoms with Gasteiger partial charge in [0.1, 0.15) is 11.9 Å².